The van der Waals surface area contributed by atoms with E-state index in [0.29, 0.717) is 0 Å². The van der Waals surface area contributed by atoms with Gasteiger partial charge in [-0.15, -0.1) is 0 Å². The molecule has 0 saturated carbocycles. The highest BCUT2D eigenvalue weighted by Crippen LogP contribution is 2.56. The number of hydrogen-bond acceptors (Lipinski definition) is 0. The summed E-state index contributed by atoms with van der Waals surface area (Å²) in [7, 11) is 0. The van der Waals surface area contributed by atoms with Crippen molar-refractivity contribution in [3.05, 3.63) is 58.7 Å². The van der Waals surface area contributed by atoms with E-state index in [0.717, 1.165) is 11.8 Å². The van der Waals surface area contributed by atoms with Crippen molar-refractivity contribution in [3.63, 3.8) is 0 Å². The summed E-state index contributed by atoms with van der Waals surface area (Å²) < 4.78 is 0. The predicted octanol–water partition coefficient (Wildman–Crippen LogP) is 9.00. The van der Waals surface area contributed by atoms with Crippen LogP contribution in [-0.2, 0) is 5.41 Å². The Bertz CT molecular complexity index is 743. The van der Waals surface area contributed by atoms with E-state index in [2.05, 4.69) is 77.9 Å². The zero-order chi connectivity index (χ0) is 21.0. The van der Waals surface area contributed by atoms with Gasteiger partial charge in [0, 0.05) is 5.41 Å². The molecule has 2 aromatic carbocycles. The van der Waals surface area contributed by atoms with Gasteiger partial charge in [0.2, 0.25) is 0 Å². The van der Waals surface area contributed by atoms with Gasteiger partial charge in [-0.1, -0.05) is 114 Å². The van der Waals surface area contributed by atoms with Gasteiger partial charge < -0.3 is 0 Å². The molecule has 0 amide bonds. The molecule has 0 spiro atoms. The third-order valence-electron chi connectivity index (χ3n) is 7.49. The summed E-state index contributed by atoms with van der Waals surface area (Å²) in [6.07, 6.45) is 10.5. The number of fused-ring (bicyclic) bond motifs is 3. The van der Waals surface area contributed by atoms with Crippen molar-refractivity contribution in [2.45, 2.75) is 98.3 Å². The Labute approximate surface area is 180 Å². The van der Waals surface area contributed by atoms with Gasteiger partial charge in [0.25, 0.3) is 0 Å². The number of aryl methyl sites for hydroxylation is 2. The molecule has 0 bridgehead atoms. The topological polar surface area (TPSA) is 0 Å². The van der Waals surface area contributed by atoms with E-state index in [1.165, 1.54) is 73.6 Å². The van der Waals surface area contributed by atoms with Crippen molar-refractivity contribution in [2.75, 3.05) is 0 Å². The molecule has 0 aromatic heterocycles. The molecule has 2 aromatic rings. The molecule has 158 valence electrons. The minimum absolute atomic E-state index is 0.189. The molecule has 2 unspecified atom stereocenters. The normalized spacial score (nSPS) is 16.3. The first-order chi connectivity index (χ1) is 14.0. The molecular formula is C29H42. The van der Waals surface area contributed by atoms with Crippen molar-refractivity contribution in [1.29, 1.82) is 0 Å². The van der Waals surface area contributed by atoms with E-state index < -0.39 is 0 Å². The molecule has 0 N–H and O–H groups in total. The highest BCUT2D eigenvalue weighted by molar-refractivity contribution is 5.81. The smallest absolute Gasteiger partial charge is 0.0220 e. The molecule has 2 atom stereocenters. The first-order valence-corrected chi connectivity index (χ1v) is 12.2. The largest absolute Gasteiger partial charge is 0.0654 e. The van der Waals surface area contributed by atoms with Crippen LogP contribution in [0.25, 0.3) is 11.1 Å². The van der Waals surface area contributed by atoms with E-state index >= 15 is 0 Å². The maximum atomic E-state index is 2.53. The van der Waals surface area contributed by atoms with Gasteiger partial charge in [-0.2, -0.15) is 0 Å². The summed E-state index contributed by atoms with van der Waals surface area (Å²) >= 11 is 0. The second kappa shape index (κ2) is 9.50. The summed E-state index contributed by atoms with van der Waals surface area (Å²) in [6.45, 7) is 14.1. The third-order valence-corrected chi connectivity index (χ3v) is 7.49. The van der Waals surface area contributed by atoms with Gasteiger partial charge in [-0.3, -0.25) is 0 Å². The van der Waals surface area contributed by atoms with Crippen LogP contribution in [0.1, 0.15) is 101 Å². The fraction of sp³-hybridized carbons (Fsp3) is 0.586. The zero-order valence-corrected chi connectivity index (χ0v) is 19.8. The van der Waals surface area contributed by atoms with Crippen molar-refractivity contribution in [1.82, 2.24) is 0 Å². The predicted molar refractivity (Wildman–Crippen MR) is 129 cm³/mol. The van der Waals surface area contributed by atoms with Crippen molar-refractivity contribution >= 4 is 0 Å². The van der Waals surface area contributed by atoms with Crippen molar-refractivity contribution in [3.8, 4) is 11.1 Å². The third kappa shape index (κ3) is 4.32. The van der Waals surface area contributed by atoms with E-state index in [1.54, 1.807) is 11.1 Å². The lowest BCUT2D eigenvalue weighted by atomic mass is 9.65. The van der Waals surface area contributed by atoms with E-state index in [1.807, 2.05) is 0 Å². The van der Waals surface area contributed by atoms with Gasteiger partial charge in [0.1, 0.15) is 0 Å². The Hall–Kier alpha value is -1.56. The second-order valence-electron chi connectivity index (χ2n) is 9.71. The fourth-order valence-corrected chi connectivity index (χ4v) is 5.95. The zero-order valence-electron chi connectivity index (χ0n) is 19.8. The second-order valence-corrected chi connectivity index (χ2v) is 9.71. The number of benzene rings is 2. The van der Waals surface area contributed by atoms with Crippen LogP contribution < -0.4 is 0 Å². The highest BCUT2D eigenvalue weighted by atomic mass is 14.5. The summed E-state index contributed by atoms with van der Waals surface area (Å²) in [5.74, 6) is 1.61. The molecule has 0 saturated heterocycles. The van der Waals surface area contributed by atoms with E-state index in [9.17, 15) is 0 Å². The Kier molecular flexibility index (Phi) is 7.25. The standard InChI is InChI=1S/C29H42/c1-7-11-23(9-3)19-29(20-24(10-4)12-8-2)27-17-21(5)13-15-25(27)26-16-14-22(6)18-28(26)29/h13-18,23-24H,7-12,19-20H2,1-6H3. The van der Waals surface area contributed by atoms with Crippen molar-refractivity contribution in [2.24, 2.45) is 11.8 Å². The van der Waals surface area contributed by atoms with Gasteiger partial charge in [0.15, 0.2) is 0 Å². The average molecular weight is 391 g/mol. The SMILES string of the molecule is CCCC(CC)CC1(CC(CC)CCC)c2cc(C)ccc2-c2ccc(C)cc21. The highest BCUT2D eigenvalue weighted by Gasteiger charge is 2.45. The molecule has 0 nitrogen and oxygen atoms in total. The Morgan fingerprint density at radius 1 is 0.655 bits per heavy atom. The van der Waals surface area contributed by atoms with E-state index in [4.69, 9.17) is 0 Å². The molecule has 0 fully saturated rings. The lowest BCUT2D eigenvalue weighted by molar-refractivity contribution is 0.269. The molecule has 0 radical (unpaired) electrons. The van der Waals surface area contributed by atoms with Crippen LogP contribution in [-0.4, -0.2) is 0 Å². The molecule has 3 rings (SSSR count). The first-order valence-electron chi connectivity index (χ1n) is 12.2. The van der Waals surface area contributed by atoms with Crippen LogP contribution in [0.3, 0.4) is 0 Å². The lowest BCUT2D eigenvalue weighted by Gasteiger charge is -2.38. The van der Waals surface area contributed by atoms with Gasteiger partial charge in [-0.25, -0.2) is 0 Å². The molecule has 0 aliphatic heterocycles. The molecule has 0 heteroatoms. The Balaban J connectivity index is 2.22. The monoisotopic (exact) mass is 390 g/mol. The molecule has 0 heterocycles. The molecule has 1 aliphatic rings. The van der Waals surface area contributed by atoms with Crippen LogP contribution in [0.15, 0.2) is 36.4 Å². The van der Waals surface area contributed by atoms with E-state index in [-0.39, 0.29) is 5.41 Å². The molecule has 1 aliphatic carbocycles. The van der Waals surface area contributed by atoms with Crippen LogP contribution >= 0.6 is 0 Å². The maximum absolute atomic E-state index is 2.53. The minimum Gasteiger partial charge on any atom is -0.0654 e. The Morgan fingerprint density at radius 3 is 1.41 bits per heavy atom. The summed E-state index contributed by atoms with van der Waals surface area (Å²) in [6, 6.07) is 14.5. The summed E-state index contributed by atoms with van der Waals surface area (Å²) in [5.41, 5.74) is 9.26. The van der Waals surface area contributed by atoms with Crippen LogP contribution in [0.5, 0.6) is 0 Å². The lowest BCUT2D eigenvalue weighted by Crippen LogP contribution is -2.31. The quantitative estimate of drug-likeness (QED) is 0.379. The van der Waals surface area contributed by atoms with Crippen molar-refractivity contribution < 1.29 is 0 Å². The number of hydrogen-bond donors (Lipinski definition) is 0. The van der Waals surface area contributed by atoms with Gasteiger partial charge >= 0.3 is 0 Å². The van der Waals surface area contributed by atoms with Crippen LogP contribution in [0, 0.1) is 25.7 Å². The molecule has 29 heavy (non-hydrogen) atoms. The Morgan fingerprint density at radius 2 is 1.07 bits per heavy atom. The number of rotatable bonds is 10. The fourth-order valence-electron chi connectivity index (χ4n) is 5.95. The van der Waals surface area contributed by atoms with Crippen LogP contribution in [0.2, 0.25) is 0 Å². The van der Waals surface area contributed by atoms with Gasteiger partial charge in [0.05, 0.1) is 0 Å². The van der Waals surface area contributed by atoms with Gasteiger partial charge in [-0.05, 0) is 60.8 Å². The first kappa shape index (κ1) is 22.1. The molecular weight excluding hydrogens is 348 g/mol. The summed E-state index contributed by atoms with van der Waals surface area (Å²) in [4.78, 5) is 0. The van der Waals surface area contributed by atoms with Crippen LogP contribution in [0.4, 0.5) is 0 Å². The summed E-state index contributed by atoms with van der Waals surface area (Å²) in [5, 5.41) is 0. The maximum Gasteiger partial charge on any atom is 0.0220 e. The minimum atomic E-state index is 0.189. The average Bonchev–Trinajstić information content (AvgIpc) is 2.96.